The molecule has 3 heterocycles. The molecule has 2 aliphatic rings. The molecule has 0 N–H and O–H groups in total. The fraction of sp³-hybridized carbons (Fsp3) is 0.294. The highest BCUT2D eigenvalue weighted by molar-refractivity contribution is 7.10. The molecule has 0 fully saturated rings. The van der Waals surface area contributed by atoms with Crippen molar-refractivity contribution in [2.75, 3.05) is 18.1 Å². The van der Waals surface area contributed by atoms with Gasteiger partial charge in [0, 0.05) is 17.5 Å². The Labute approximate surface area is 133 Å². The van der Waals surface area contributed by atoms with Crippen molar-refractivity contribution in [1.82, 2.24) is 4.90 Å². The number of hydrogen-bond donors (Lipinski definition) is 0. The predicted molar refractivity (Wildman–Crippen MR) is 86.3 cm³/mol. The van der Waals surface area contributed by atoms with Gasteiger partial charge >= 0.3 is 5.91 Å². The second kappa shape index (κ2) is 5.04. The summed E-state index contributed by atoms with van der Waals surface area (Å²) in [5.41, 5.74) is 2.61. The van der Waals surface area contributed by atoms with Gasteiger partial charge in [-0.2, -0.15) is 0 Å². The van der Waals surface area contributed by atoms with E-state index in [0.29, 0.717) is 12.2 Å². The monoisotopic (exact) mass is 312 g/mol. The molecule has 0 spiro atoms. The third-order valence-electron chi connectivity index (χ3n) is 4.61. The minimum Gasteiger partial charge on any atom is -0.291 e. The molecule has 0 bridgehead atoms. The molecule has 1 amide bonds. The number of amides is 1. The van der Waals surface area contributed by atoms with E-state index >= 15 is 0 Å². The first-order chi connectivity index (χ1) is 10.7. The minimum atomic E-state index is -0.412. The van der Waals surface area contributed by atoms with Crippen LogP contribution in [0.25, 0.3) is 0 Å². The van der Waals surface area contributed by atoms with Crippen molar-refractivity contribution in [1.29, 1.82) is 0 Å². The summed E-state index contributed by atoms with van der Waals surface area (Å²) in [7, 11) is 0. The molecule has 0 saturated heterocycles. The third-order valence-corrected chi connectivity index (χ3v) is 5.60. The summed E-state index contributed by atoms with van der Waals surface area (Å²) in [5, 5.41) is 2.13. The lowest BCUT2D eigenvalue weighted by atomic mass is 10.0. The molecule has 1 aromatic heterocycles. The number of carbonyl (C=O) groups excluding carboxylic acids is 2. The molecule has 0 aliphatic carbocycles. The van der Waals surface area contributed by atoms with E-state index in [0.717, 1.165) is 18.7 Å². The number of nitrogens with zero attached hydrogens (tertiary/aromatic N) is 2. The van der Waals surface area contributed by atoms with Gasteiger partial charge in [-0.05, 0) is 42.5 Å². The molecule has 1 aromatic carbocycles. The van der Waals surface area contributed by atoms with E-state index in [-0.39, 0.29) is 6.04 Å². The lowest BCUT2D eigenvalue weighted by Crippen LogP contribution is -2.44. The average molecular weight is 312 g/mol. The van der Waals surface area contributed by atoms with Crippen molar-refractivity contribution in [3.8, 4) is 0 Å². The van der Waals surface area contributed by atoms with E-state index in [4.69, 9.17) is 0 Å². The fourth-order valence-electron chi connectivity index (χ4n) is 3.32. The van der Waals surface area contributed by atoms with Gasteiger partial charge in [0.2, 0.25) is 0 Å². The second-order valence-electron chi connectivity index (χ2n) is 5.76. The van der Waals surface area contributed by atoms with Crippen LogP contribution < -0.4 is 4.90 Å². The van der Waals surface area contributed by atoms with Gasteiger partial charge in [0.05, 0.1) is 17.9 Å². The summed E-state index contributed by atoms with van der Waals surface area (Å²) < 4.78 is 0. The minimum absolute atomic E-state index is 0.269. The van der Waals surface area contributed by atoms with Crippen LogP contribution in [0.5, 0.6) is 0 Å². The fourth-order valence-corrected chi connectivity index (χ4v) is 4.29. The van der Waals surface area contributed by atoms with Gasteiger partial charge in [0.1, 0.15) is 0 Å². The SMILES string of the molecule is C[C@@H]1c2ccsc2CCN1CN1C(=O)C(=O)c2ccccc21. The third kappa shape index (κ3) is 1.93. The Morgan fingerprint density at radius 3 is 2.91 bits per heavy atom. The molecule has 4 nitrogen and oxygen atoms in total. The maximum atomic E-state index is 12.3. The maximum Gasteiger partial charge on any atom is 0.300 e. The molecule has 4 rings (SSSR count). The molecule has 22 heavy (non-hydrogen) atoms. The largest absolute Gasteiger partial charge is 0.300 e. The Morgan fingerprint density at radius 1 is 1.23 bits per heavy atom. The summed E-state index contributed by atoms with van der Waals surface area (Å²) in [6, 6.07) is 9.69. The molecule has 1 atom stereocenters. The zero-order chi connectivity index (χ0) is 15.3. The number of hydrogen-bond acceptors (Lipinski definition) is 4. The van der Waals surface area contributed by atoms with E-state index in [1.165, 1.54) is 10.4 Å². The van der Waals surface area contributed by atoms with Crippen LogP contribution in [0, 0.1) is 0 Å². The van der Waals surface area contributed by atoms with Crippen LogP contribution in [0.4, 0.5) is 5.69 Å². The topological polar surface area (TPSA) is 40.6 Å². The molecule has 0 unspecified atom stereocenters. The van der Waals surface area contributed by atoms with E-state index in [1.807, 2.05) is 12.1 Å². The van der Waals surface area contributed by atoms with E-state index in [1.54, 1.807) is 28.4 Å². The van der Waals surface area contributed by atoms with Gasteiger partial charge in [-0.1, -0.05) is 12.1 Å². The number of carbonyl (C=O) groups is 2. The average Bonchev–Trinajstić information content (AvgIpc) is 3.10. The van der Waals surface area contributed by atoms with E-state index in [2.05, 4.69) is 23.3 Å². The lowest BCUT2D eigenvalue weighted by molar-refractivity contribution is -0.114. The highest BCUT2D eigenvalue weighted by Gasteiger charge is 2.37. The normalized spacial score (nSPS) is 21.1. The molecule has 112 valence electrons. The predicted octanol–water partition coefficient (Wildman–Crippen LogP) is 2.85. The maximum absolute atomic E-state index is 12.3. The van der Waals surface area contributed by atoms with Crippen molar-refractivity contribution in [3.05, 3.63) is 51.7 Å². The van der Waals surface area contributed by atoms with Crippen molar-refractivity contribution >= 4 is 28.7 Å². The Morgan fingerprint density at radius 2 is 2.05 bits per heavy atom. The smallest absolute Gasteiger partial charge is 0.291 e. The van der Waals surface area contributed by atoms with Crippen LogP contribution in [0.3, 0.4) is 0 Å². The quantitative estimate of drug-likeness (QED) is 0.801. The number of thiophene rings is 1. The number of Topliss-reactive ketones (excluding diaryl/α,β-unsaturated/α-hetero) is 1. The van der Waals surface area contributed by atoms with Crippen LogP contribution in [0.1, 0.15) is 33.8 Å². The highest BCUT2D eigenvalue weighted by Crippen LogP contribution is 2.35. The van der Waals surface area contributed by atoms with E-state index in [9.17, 15) is 9.59 Å². The van der Waals surface area contributed by atoms with Crippen molar-refractivity contribution in [2.24, 2.45) is 0 Å². The van der Waals surface area contributed by atoms with Gasteiger partial charge in [-0.15, -0.1) is 11.3 Å². The number of benzene rings is 1. The van der Waals surface area contributed by atoms with Crippen LogP contribution in [-0.2, 0) is 11.2 Å². The molecule has 2 aliphatic heterocycles. The van der Waals surface area contributed by atoms with Gasteiger partial charge in [0.15, 0.2) is 0 Å². The van der Waals surface area contributed by atoms with Crippen LogP contribution in [0.15, 0.2) is 35.7 Å². The van der Waals surface area contributed by atoms with Crippen LogP contribution >= 0.6 is 11.3 Å². The van der Waals surface area contributed by atoms with Gasteiger partial charge in [-0.25, -0.2) is 0 Å². The lowest BCUT2D eigenvalue weighted by Gasteiger charge is -2.36. The van der Waals surface area contributed by atoms with Crippen LogP contribution in [0.2, 0.25) is 0 Å². The molecular formula is C17H16N2O2S. The Kier molecular flexibility index (Phi) is 3.13. The Hall–Kier alpha value is -1.98. The summed E-state index contributed by atoms with van der Waals surface area (Å²) >= 11 is 1.80. The summed E-state index contributed by atoms with van der Waals surface area (Å²) in [5.74, 6) is -0.805. The first kappa shape index (κ1) is 13.7. The second-order valence-corrected chi connectivity index (χ2v) is 6.76. The van der Waals surface area contributed by atoms with Crippen LogP contribution in [-0.4, -0.2) is 29.8 Å². The molecule has 0 radical (unpaired) electrons. The summed E-state index contributed by atoms with van der Waals surface area (Å²) in [6.07, 6.45) is 1.01. The first-order valence-electron chi connectivity index (χ1n) is 7.42. The first-order valence-corrected chi connectivity index (χ1v) is 8.30. The zero-order valence-corrected chi connectivity index (χ0v) is 13.1. The van der Waals surface area contributed by atoms with Crippen molar-refractivity contribution in [2.45, 2.75) is 19.4 Å². The Balaban J connectivity index is 1.62. The molecule has 5 heteroatoms. The number of anilines is 1. The molecular weight excluding hydrogens is 296 g/mol. The number of fused-ring (bicyclic) bond motifs is 2. The Bertz CT molecular complexity index is 768. The molecule has 2 aromatic rings. The zero-order valence-electron chi connectivity index (χ0n) is 12.3. The van der Waals surface area contributed by atoms with Crippen molar-refractivity contribution in [3.63, 3.8) is 0 Å². The van der Waals surface area contributed by atoms with Gasteiger partial charge in [-0.3, -0.25) is 19.4 Å². The van der Waals surface area contributed by atoms with Crippen molar-refractivity contribution < 1.29 is 9.59 Å². The highest BCUT2D eigenvalue weighted by atomic mass is 32.1. The number of ketones is 1. The van der Waals surface area contributed by atoms with Gasteiger partial charge < -0.3 is 0 Å². The number of rotatable bonds is 2. The van der Waals surface area contributed by atoms with Gasteiger partial charge in [0.25, 0.3) is 5.78 Å². The summed E-state index contributed by atoms with van der Waals surface area (Å²) in [6.45, 7) is 3.55. The van der Waals surface area contributed by atoms with E-state index < -0.39 is 11.7 Å². The summed E-state index contributed by atoms with van der Waals surface area (Å²) in [4.78, 5) is 29.7. The standard InChI is InChI=1S/C17H16N2O2S/c1-11-12-7-9-22-15(12)6-8-18(11)10-19-14-5-3-2-4-13(14)16(20)17(19)21/h2-5,7,9,11H,6,8,10H2,1H3/t11-/m1/s1. The molecule has 0 saturated carbocycles. The number of para-hydroxylation sites is 1.